The van der Waals surface area contributed by atoms with Crippen LogP contribution in [0.5, 0.6) is 0 Å². The van der Waals surface area contributed by atoms with Crippen LogP contribution in [0.15, 0.2) is 60.9 Å². The number of cyclic esters (lactones) is 1. The van der Waals surface area contributed by atoms with Crippen molar-refractivity contribution in [2.45, 2.75) is 18.9 Å². The van der Waals surface area contributed by atoms with Crippen LogP contribution in [-0.4, -0.2) is 28.2 Å². The Morgan fingerprint density at radius 2 is 2.07 bits per heavy atom. The number of ether oxygens (including phenoxy) is 1. The standard InChI is InChI=1S/C22H21N3O3/c1-25-14-15(13-24-25)9-10-23-21(26)17-7-8-19-18(11-17)12-20(28-22(19)27)16-5-3-2-4-6-16/h2-8,11,13-14,20H,9-10,12H2,1H3,(H,23,26)/t20-/m1/s1. The van der Waals surface area contributed by atoms with Gasteiger partial charge in [-0.25, -0.2) is 4.79 Å². The molecule has 0 aliphatic carbocycles. The van der Waals surface area contributed by atoms with E-state index in [9.17, 15) is 9.59 Å². The number of hydrogen-bond acceptors (Lipinski definition) is 4. The Kier molecular flexibility index (Phi) is 4.93. The Balaban J connectivity index is 1.45. The van der Waals surface area contributed by atoms with Crippen LogP contribution in [0.25, 0.3) is 0 Å². The van der Waals surface area contributed by atoms with Crippen LogP contribution in [0.4, 0.5) is 0 Å². The minimum absolute atomic E-state index is 0.151. The summed E-state index contributed by atoms with van der Waals surface area (Å²) in [5, 5.41) is 7.05. The molecule has 4 rings (SSSR count). The van der Waals surface area contributed by atoms with Crippen molar-refractivity contribution in [3.05, 3.63) is 88.7 Å². The number of aryl methyl sites for hydroxylation is 1. The molecule has 3 aromatic rings. The Labute approximate surface area is 163 Å². The number of benzene rings is 2. The molecule has 1 aromatic heterocycles. The first-order valence-corrected chi connectivity index (χ1v) is 9.25. The smallest absolute Gasteiger partial charge is 0.339 e. The second kappa shape index (κ2) is 7.68. The van der Waals surface area contributed by atoms with Gasteiger partial charge < -0.3 is 10.1 Å². The number of nitrogens with zero attached hydrogens (tertiary/aromatic N) is 2. The zero-order valence-electron chi connectivity index (χ0n) is 15.6. The third-order valence-corrected chi connectivity index (χ3v) is 4.87. The van der Waals surface area contributed by atoms with Crippen LogP contribution in [0, 0.1) is 0 Å². The van der Waals surface area contributed by atoms with E-state index in [1.807, 2.05) is 43.6 Å². The Bertz CT molecular complexity index is 1010. The van der Waals surface area contributed by atoms with E-state index in [1.165, 1.54) is 0 Å². The van der Waals surface area contributed by atoms with E-state index in [4.69, 9.17) is 4.74 Å². The molecule has 2 aromatic carbocycles. The Hall–Kier alpha value is -3.41. The molecule has 0 bridgehead atoms. The predicted molar refractivity (Wildman–Crippen MR) is 104 cm³/mol. The van der Waals surface area contributed by atoms with Crippen molar-refractivity contribution < 1.29 is 14.3 Å². The summed E-state index contributed by atoms with van der Waals surface area (Å²) in [6, 6.07) is 14.8. The summed E-state index contributed by atoms with van der Waals surface area (Å²) in [7, 11) is 1.86. The van der Waals surface area contributed by atoms with E-state index in [-0.39, 0.29) is 18.0 Å². The molecule has 28 heavy (non-hydrogen) atoms. The Morgan fingerprint density at radius 1 is 1.25 bits per heavy atom. The number of fused-ring (bicyclic) bond motifs is 1. The molecule has 1 atom stereocenters. The van der Waals surface area contributed by atoms with Crippen molar-refractivity contribution in [1.29, 1.82) is 0 Å². The normalized spacial score (nSPS) is 15.6. The molecule has 1 aliphatic heterocycles. The van der Waals surface area contributed by atoms with Gasteiger partial charge in [-0.2, -0.15) is 5.10 Å². The lowest BCUT2D eigenvalue weighted by Gasteiger charge is -2.25. The van der Waals surface area contributed by atoms with Gasteiger partial charge in [0.15, 0.2) is 0 Å². The van der Waals surface area contributed by atoms with Crippen molar-refractivity contribution in [3.63, 3.8) is 0 Å². The molecule has 1 amide bonds. The molecule has 6 nitrogen and oxygen atoms in total. The van der Waals surface area contributed by atoms with E-state index in [2.05, 4.69) is 10.4 Å². The number of carbonyl (C=O) groups is 2. The number of aromatic nitrogens is 2. The molecule has 0 radical (unpaired) electrons. The van der Waals surface area contributed by atoms with E-state index >= 15 is 0 Å². The van der Waals surface area contributed by atoms with Crippen molar-refractivity contribution in [2.75, 3.05) is 6.54 Å². The van der Waals surface area contributed by atoms with Gasteiger partial charge in [-0.05, 0) is 41.3 Å². The first-order valence-electron chi connectivity index (χ1n) is 9.25. The number of carbonyl (C=O) groups excluding carboxylic acids is 2. The minimum Gasteiger partial charge on any atom is -0.454 e. The third kappa shape index (κ3) is 3.81. The van der Waals surface area contributed by atoms with Crippen LogP contribution >= 0.6 is 0 Å². The number of hydrogen-bond donors (Lipinski definition) is 1. The number of amides is 1. The van der Waals surface area contributed by atoms with Gasteiger partial charge >= 0.3 is 5.97 Å². The summed E-state index contributed by atoms with van der Waals surface area (Å²) in [5.41, 5.74) is 3.94. The van der Waals surface area contributed by atoms with Gasteiger partial charge in [-0.3, -0.25) is 9.48 Å². The Morgan fingerprint density at radius 3 is 2.82 bits per heavy atom. The van der Waals surface area contributed by atoms with E-state index in [1.54, 1.807) is 29.1 Å². The van der Waals surface area contributed by atoms with Crippen LogP contribution in [0.3, 0.4) is 0 Å². The number of esters is 1. The first kappa shape index (κ1) is 18.0. The van der Waals surface area contributed by atoms with Gasteiger partial charge in [-0.1, -0.05) is 30.3 Å². The molecular formula is C22H21N3O3. The van der Waals surface area contributed by atoms with Crippen LogP contribution in [-0.2, 0) is 24.6 Å². The van der Waals surface area contributed by atoms with Gasteiger partial charge in [0.1, 0.15) is 6.10 Å². The molecule has 0 fully saturated rings. The van der Waals surface area contributed by atoms with E-state index < -0.39 is 0 Å². The molecule has 0 unspecified atom stereocenters. The summed E-state index contributed by atoms with van der Waals surface area (Å²) < 4.78 is 7.31. The summed E-state index contributed by atoms with van der Waals surface area (Å²) in [4.78, 5) is 24.9. The predicted octanol–water partition coefficient (Wildman–Crippen LogP) is 2.85. The highest BCUT2D eigenvalue weighted by Crippen LogP contribution is 2.31. The SMILES string of the molecule is Cn1cc(CCNC(=O)c2ccc3c(c2)C[C@H](c2ccccc2)OC3=O)cn1. The van der Waals surface area contributed by atoms with Crippen molar-refractivity contribution >= 4 is 11.9 Å². The monoisotopic (exact) mass is 375 g/mol. The maximum atomic E-state index is 12.5. The van der Waals surface area contributed by atoms with Crippen LogP contribution < -0.4 is 5.32 Å². The van der Waals surface area contributed by atoms with E-state index in [0.29, 0.717) is 30.5 Å². The lowest BCUT2D eigenvalue weighted by Crippen LogP contribution is -2.27. The van der Waals surface area contributed by atoms with Crippen LogP contribution in [0.1, 0.15) is 43.5 Å². The van der Waals surface area contributed by atoms with Crippen molar-refractivity contribution in [1.82, 2.24) is 15.1 Å². The summed E-state index contributed by atoms with van der Waals surface area (Å²) in [6.07, 6.45) is 4.67. The van der Waals surface area contributed by atoms with Gasteiger partial charge in [-0.15, -0.1) is 0 Å². The average molecular weight is 375 g/mol. The van der Waals surface area contributed by atoms with Crippen molar-refractivity contribution in [3.8, 4) is 0 Å². The maximum Gasteiger partial charge on any atom is 0.339 e. The molecule has 6 heteroatoms. The summed E-state index contributed by atoms with van der Waals surface area (Å²) in [5.74, 6) is -0.500. The maximum absolute atomic E-state index is 12.5. The summed E-state index contributed by atoms with van der Waals surface area (Å²) >= 11 is 0. The zero-order chi connectivity index (χ0) is 19.5. The largest absolute Gasteiger partial charge is 0.454 e. The fraction of sp³-hybridized carbons (Fsp3) is 0.227. The lowest BCUT2D eigenvalue weighted by molar-refractivity contribution is 0.0252. The number of nitrogens with one attached hydrogen (secondary N) is 1. The molecule has 0 spiro atoms. The molecule has 142 valence electrons. The average Bonchev–Trinajstić information content (AvgIpc) is 3.13. The summed E-state index contributed by atoms with van der Waals surface area (Å²) in [6.45, 7) is 0.524. The zero-order valence-corrected chi connectivity index (χ0v) is 15.6. The highest BCUT2D eigenvalue weighted by atomic mass is 16.5. The second-order valence-corrected chi connectivity index (χ2v) is 6.91. The quantitative estimate of drug-likeness (QED) is 0.696. The highest BCUT2D eigenvalue weighted by Gasteiger charge is 2.28. The molecule has 0 saturated heterocycles. The lowest BCUT2D eigenvalue weighted by atomic mass is 9.93. The molecule has 2 heterocycles. The highest BCUT2D eigenvalue weighted by molar-refractivity contribution is 5.97. The van der Waals surface area contributed by atoms with Crippen LogP contribution in [0.2, 0.25) is 0 Å². The molecule has 1 aliphatic rings. The third-order valence-electron chi connectivity index (χ3n) is 4.87. The van der Waals surface area contributed by atoms with E-state index in [0.717, 1.165) is 16.7 Å². The van der Waals surface area contributed by atoms with Crippen molar-refractivity contribution in [2.24, 2.45) is 7.05 Å². The van der Waals surface area contributed by atoms with Gasteiger partial charge in [0.25, 0.3) is 5.91 Å². The minimum atomic E-state index is -0.348. The second-order valence-electron chi connectivity index (χ2n) is 6.91. The van der Waals surface area contributed by atoms with Gasteiger partial charge in [0.05, 0.1) is 11.8 Å². The number of rotatable bonds is 5. The fourth-order valence-electron chi connectivity index (χ4n) is 3.41. The fourth-order valence-corrected chi connectivity index (χ4v) is 3.41. The molecule has 0 saturated carbocycles. The first-order chi connectivity index (χ1) is 13.6. The van der Waals surface area contributed by atoms with Gasteiger partial charge in [0.2, 0.25) is 0 Å². The van der Waals surface area contributed by atoms with Gasteiger partial charge in [0, 0.05) is 31.8 Å². The molecular weight excluding hydrogens is 354 g/mol. The topological polar surface area (TPSA) is 73.2 Å². The molecule has 1 N–H and O–H groups in total.